The number of amides is 3. The Balaban J connectivity index is 1.96. The highest BCUT2D eigenvalue weighted by Crippen LogP contribution is 2.35. The molecule has 1 heterocycles. The standard InChI is InChI=1S/C25H27N3O4/c1-6-12-32-20-11-9-18(14-21(20)31-7-2)23-22(17(5)26-25(30)28-23)24(29)27-19-10-8-15(3)16(4)13-19/h1,8-11,13-14,23H,7,12H2,2-5H3,(H,27,29)(H2,26,28,30)/t23-/m1/s1. The maximum atomic E-state index is 13.2. The van der Waals surface area contributed by atoms with Crippen LogP contribution in [0.5, 0.6) is 11.5 Å². The zero-order valence-corrected chi connectivity index (χ0v) is 18.7. The number of hydrogen-bond acceptors (Lipinski definition) is 4. The first-order valence-corrected chi connectivity index (χ1v) is 10.3. The fourth-order valence-corrected chi connectivity index (χ4v) is 3.47. The van der Waals surface area contributed by atoms with Crippen molar-refractivity contribution in [2.24, 2.45) is 0 Å². The third kappa shape index (κ3) is 5.03. The van der Waals surface area contributed by atoms with Crippen LogP contribution in [0.2, 0.25) is 0 Å². The first-order valence-electron chi connectivity index (χ1n) is 10.3. The molecule has 2 aromatic rings. The van der Waals surface area contributed by atoms with Crippen LogP contribution in [0.15, 0.2) is 47.7 Å². The molecule has 1 aliphatic heterocycles. The Morgan fingerprint density at radius 3 is 2.56 bits per heavy atom. The second kappa shape index (κ2) is 9.92. The maximum Gasteiger partial charge on any atom is 0.319 e. The number of urea groups is 1. The van der Waals surface area contributed by atoms with Crippen molar-refractivity contribution in [3.05, 3.63) is 64.4 Å². The van der Waals surface area contributed by atoms with E-state index in [0.717, 1.165) is 11.1 Å². The molecule has 0 unspecified atom stereocenters. The normalized spacial score (nSPS) is 15.3. The van der Waals surface area contributed by atoms with Crippen LogP contribution in [0.25, 0.3) is 0 Å². The Hall–Kier alpha value is -3.92. The predicted molar refractivity (Wildman–Crippen MR) is 124 cm³/mol. The monoisotopic (exact) mass is 433 g/mol. The molecule has 0 saturated heterocycles. The summed E-state index contributed by atoms with van der Waals surface area (Å²) in [7, 11) is 0. The van der Waals surface area contributed by atoms with Crippen LogP contribution in [-0.4, -0.2) is 25.2 Å². The topological polar surface area (TPSA) is 88.7 Å². The maximum absolute atomic E-state index is 13.2. The third-order valence-corrected chi connectivity index (χ3v) is 5.19. The van der Waals surface area contributed by atoms with Crippen molar-refractivity contribution >= 4 is 17.6 Å². The van der Waals surface area contributed by atoms with Crippen molar-refractivity contribution < 1.29 is 19.1 Å². The van der Waals surface area contributed by atoms with E-state index >= 15 is 0 Å². The molecule has 0 bridgehead atoms. The van der Waals surface area contributed by atoms with Crippen molar-refractivity contribution in [2.75, 3.05) is 18.5 Å². The number of aryl methyl sites for hydroxylation is 2. The van der Waals surface area contributed by atoms with E-state index in [1.165, 1.54) is 0 Å². The van der Waals surface area contributed by atoms with E-state index in [-0.39, 0.29) is 18.5 Å². The Morgan fingerprint density at radius 1 is 1.09 bits per heavy atom. The Morgan fingerprint density at radius 2 is 1.88 bits per heavy atom. The van der Waals surface area contributed by atoms with Gasteiger partial charge in [-0.1, -0.05) is 18.1 Å². The third-order valence-electron chi connectivity index (χ3n) is 5.19. The lowest BCUT2D eigenvalue weighted by Gasteiger charge is -2.29. The highest BCUT2D eigenvalue weighted by molar-refractivity contribution is 6.06. The highest BCUT2D eigenvalue weighted by atomic mass is 16.5. The van der Waals surface area contributed by atoms with Crippen molar-refractivity contribution in [2.45, 2.75) is 33.7 Å². The van der Waals surface area contributed by atoms with Crippen LogP contribution in [-0.2, 0) is 4.79 Å². The molecule has 1 atom stereocenters. The molecule has 0 aliphatic carbocycles. The number of allylic oxidation sites excluding steroid dienone is 1. The fourth-order valence-electron chi connectivity index (χ4n) is 3.47. The van der Waals surface area contributed by atoms with Gasteiger partial charge in [-0.25, -0.2) is 4.79 Å². The molecular weight excluding hydrogens is 406 g/mol. The minimum Gasteiger partial charge on any atom is -0.490 e. The summed E-state index contributed by atoms with van der Waals surface area (Å²) in [5, 5.41) is 8.46. The molecule has 3 N–H and O–H groups in total. The van der Waals surface area contributed by atoms with Gasteiger partial charge in [-0.05, 0) is 68.7 Å². The molecule has 0 saturated carbocycles. The van der Waals surface area contributed by atoms with Crippen molar-refractivity contribution in [3.63, 3.8) is 0 Å². The second-order valence-electron chi connectivity index (χ2n) is 7.46. The van der Waals surface area contributed by atoms with Crippen molar-refractivity contribution in [1.82, 2.24) is 10.6 Å². The number of ether oxygens (including phenoxy) is 2. The molecule has 3 amide bonds. The molecule has 3 rings (SSSR count). The molecule has 0 spiro atoms. The zero-order chi connectivity index (χ0) is 23.3. The summed E-state index contributed by atoms with van der Waals surface area (Å²) in [4.78, 5) is 25.5. The second-order valence-corrected chi connectivity index (χ2v) is 7.46. The molecule has 0 radical (unpaired) electrons. The van der Waals surface area contributed by atoms with Crippen LogP contribution in [0.3, 0.4) is 0 Å². The predicted octanol–water partition coefficient (Wildman–Crippen LogP) is 3.98. The van der Waals surface area contributed by atoms with E-state index in [1.54, 1.807) is 25.1 Å². The summed E-state index contributed by atoms with van der Waals surface area (Å²) in [6.07, 6.45) is 5.29. The van der Waals surface area contributed by atoms with E-state index in [0.29, 0.717) is 40.6 Å². The van der Waals surface area contributed by atoms with Crippen LogP contribution < -0.4 is 25.4 Å². The molecule has 2 aromatic carbocycles. The quantitative estimate of drug-likeness (QED) is 0.577. The van der Waals surface area contributed by atoms with Gasteiger partial charge >= 0.3 is 6.03 Å². The van der Waals surface area contributed by atoms with Gasteiger partial charge in [0, 0.05) is 11.4 Å². The van der Waals surface area contributed by atoms with Gasteiger partial charge in [0.1, 0.15) is 6.61 Å². The van der Waals surface area contributed by atoms with E-state index in [9.17, 15) is 9.59 Å². The largest absolute Gasteiger partial charge is 0.490 e. The average Bonchev–Trinajstić information content (AvgIpc) is 2.75. The summed E-state index contributed by atoms with van der Waals surface area (Å²) in [5.41, 5.74) is 4.46. The number of carbonyl (C=O) groups excluding carboxylic acids is 2. The van der Waals surface area contributed by atoms with Gasteiger partial charge in [-0.2, -0.15) is 0 Å². The lowest BCUT2D eigenvalue weighted by atomic mass is 9.94. The van der Waals surface area contributed by atoms with Crippen molar-refractivity contribution in [3.8, 4) is 23.8 Å². The Bertz CT molecular complexity index is 1110. The smallest absolute Gasteiger partial charge is 0.319 e. The molecule has 0 fully saturated rings. The minimum atomic E-state index is -0.670. The van der Waals surface area contributed by atoms with Crippen LogP contribution in [0.4, 0.5) is 10.5 Å². The van der Waals surface area contributed by atoms with E-state index in [2.05, 4.69) is 21.9 Å². The first-order chi connectivity index (χ1) is 15.3. The molecule has 0 aromatic heterocycles. The molecular formula is C25H27N3O4. The average molecular weight is 434 g/mol. The number of carbonyl (C=O) groups is 2. The number of hydrogen-bond donors (Lipinski definition) is 3. The Kier molecular flexibility index (Phi) is 7.06. The SMILES string of the molecule is C#CCOc1ccc([C@H]2NC(=O)NC(C)=C2C(=O)Nc2ccc(C)c(C)c2)cc1OCC. The number of nitrogens with one attached hydrogen (secondary N) is 3. The summed E-state index contributed by atoms with van der Waals surface area (Å²) < 4.78 is 11.2. The molecule has 7 heteroatoms. The van der Waals surface area contributed by atoms with Gasteiger partial charge in [0.2, 0.25) is 0 Å². The van der Waals surface area contributed by atoms with Crippen LogP contribution >= 0.6 is 0 Å². The lowest BCUT2D eigenvalue weighted by Crippen LogP contribution is -2.46. The lowest BCUT2D eigenvalue weighted by molar-refractivity contribution is -0.113. The molecule has 32 heavy (non-hydrogen) atoms. The van der Waals surface area contributed by atoms with Gasteiger partial charge in [-0.3, -0.25) is 4.79 Å². The summed E-state index contributed by atoms with van der Waals surface area (Å²) in [6.45, 7) is 8.08. The van der Waals surface area contributed by atoms with E-state index in [4.69, 9.17) is 15.9 Å². The Labute approximate surface area is 188 Å². The number of benzene rings is 2. The summed E-state index contributed by atoms with van der Waals surface area (Å²) >= 11 is 0. The van der Waals surface area contributed by atoms with Gasteiger partial charge in [0.15, 0.2) is 11.5 Å². The van der Waals surface area contributed by atoms with Gasteiger partial charge in [0.25, 0.3) is 5.91 Å². The van der Waals surface area contributed by atoms with E-state index < -0.39 is 6.04 Å². The van der Waals surface area contributed by atoms with Crippen LogP contribution in [0.1, 0.15) is 36.6 Å². The van der Waals surface area contributed by atoms with E-state index in [1.807, 2.05) is 39.0 Å². The fraction of sp³-hybridized carbons (Fsp3) is 0.280. The van der Waals surface area contributed by atoms with Gasteiger partial charge in [0.05, 0.1) is 18.2 Å². The molecule has 7 nitrogen and oxygen atoms in total. The number of rotatable bonds is 7. The molecule has 1 aliphatic rings. The summed E-state index contributed by atoms with van der Waals surface area (Å²) in [5.74, 6) is 3.09. The number of terminal acetylenes is 1. The van der Waals surface area contributed by atoms with Gasteiger partial charge in [-0.15, -0.1) is 6.42 Å². The van der Waals surface area contributed by atoms with Crippen LogP contribution in [0, 0.1) is 26.2 Å². The number of anilines is 1. The first kappa shape index (κ1) is 22.8. The van der Waals surface area contributed by atoms with Gasteiger partial charge < -0.3 is 25.4 Å². The zero-order valence-electron chi connectivity index (χ0n) is 18.7. The summed E-state index contributed by atoms with van der Waals surface area (Å²) in [6, 6.07) is 9.91. The highest BCUT2D eigenvalue weighted by Gasteiger charge is 2.32. The molecule has 166 valence electrons. The minimum absolute atomic E-state index is 0.103. The van der Waals surface area contributed by atoms with Crippen molar-refractivity contribution in [1.29, 1.82) is 0 Å².